The van der Waals surface area contributed by atoms with Crippen LogP contribution in [0.15, 0.2) is 30.3 Å². The Hall–Kier alpha value is -1.59. The Morgan fingerprint density at radius 1 is 1.24 bits per heavy atom. The van der Waals surface area contributed by atoms with Crippen molar-refractivity contribution in [1.82, 2.24) is 10.6 Å². The number of hydrogen-bond donors (Lipinski definition) is 2. The van der Waals surface area contributed by atoms with Crippen molar-refractivity contribution in [1.29, 1.82) is 0 Å². The first-order valence-corrected chi connectivity index (χ1v) is 9.01. The highest BCUT2D eigenvalue weighted by Crippen LogP contribution is 2.25. The largest absolute Gasteiger partial charge is 0.344 e. The number of para-hydroxylation sites is 1. The van der Waals surface area contributed by atoms with E-state index in [0.29, 0.717) is 31.2 Å². The summed E-state index contributed by atoms with van der Waals surface area (Å²) in [7, 11) is 0. The maximum atomic E-state index is 12.5. The van der Waals surface area contributed by atoms with Gasteiger partial charge in [0.1, 0.15) is 6.04 Å². The monoisotopic (exact) mass is 365 g/mol. The molecule has 2 amide bonds. The summed E-state index contributed by atoms with van der Waals surface area (Å²) in [6.07, 6.45) is 3.47. The lowest BCUT2D eigenvalue weighted by Gasteiger charge is -2.28. The van der Waals surface area contributed by atoms with E-state index in [1.165, 1.54) is 0 Å². The van der Waals surface area contributed by atoms with Gasteiger partial charge in [-0.1, -0.05) is 25.1 Å². The number of nitrogens with zero attached hydrogens (tertiary/aromatic N) is 1. The SMILES string of the molecule is CC(CC(=O)NC1CCN(c2ccccc2)C1=O)C1CCNCC1.Cl. The zero-order chi connectivity index (χ0) is 16.9. The molecule has 138 valence electrons. The van der Waals surface area contributed by atoms with Crippen molar-refractivity contribution in [2.24, 2.45) is 11.8 Å². The van der Waals surface area contributed by atoms with Crippen LogP contribution < -0.4 is 15.5 Å². The summed E-state index contributed by atoms with van der Waals surface area (Å²) in [5, 5.41) is 6.31. The van der Waals surface area contributed by atoms with Gasteiger partial charge in [0.05, 0.1) is 0 Å². The molecule has 0 radical (unpaired) electrons. The van der Waals surface area contributed by atoms with Crippen molar-refractivity contribution in [3.63, 3.8) is 0 Å². The number of benzene rings is 1. The predicted octanol–water partition coefficient (Wildman–Crippen LogP) is 2.36. The third-order valence-electron chi connectivity index (χ3n) is 5.30. The molecule has 2 heterocycles. The van der Waals surface area contributed by atoms with Crippen LogP contribution >= 0.6 is 12.4 Å². The van der Waals surface area contributed by atoms with E-state index in [9.17, 15) is 9.59 Å². The number of anilines is 1. The Balaban J connectivity index is 0.00000225. The maximum absolute atomic E-state index is 12.5. The van der Waals surface area contributed by atoms with Crippen LogP contribution in [0.5, 0.6) is 0 Å². The number of halogens is 1. The molecule has 2 unspecified atom stereocenters. The van der Waals surface area contributed by atoms with E-state index < -0.39 is 0 Å². The fraction of sp³-hybridized carbons (Fsp3) is 0.579. The van der Waals surface area contributed by atoms with E-state index in [4.69, 9.17) is 0 Å². The maximum Gasteiger partial charge on any atom is 0.249 e. The smallest absolute Gasteiger partial charge is 0.249 e. The Morgan fingerprint density at radius 3 is 2.60 bits per heavy atom. The van der Waals surface area contributed by atoms with Gasteiger partial charge in [0.15, 0.2) is 0 Å². The fourth-order valence-corrected chi connectivity index (χ4v) is 3.80. The Kier molecular flexibility index (Phi) is 7.26. The molecule has 0 aromatic heterocycles. The van der Waals surface area contributed by atoms with Gasteiger partial charge in [0.2, 0.25) is 11.8 Å². The van der Waals surface area contributed by atoms with Crippen LogP contribution in [-0.2, 0) is 9.59 Å². The molecule has 0 bridgehead atoms. The molecule has 2 saturated heterocycles. The quantitative estimate of drug-likeness (QED) is 0.842. The molecular weight excluding hydrogens is 338 g/mol. The van der Waals surface area contributed by atoms with Crippen molar-refractivity contribution in [2.45, 2.75) is 38.6 Å². The molecular formula is C19H28ClN3O2. The third-order valence-corrected chi connectivity index (χ3v) is 5.30. The van der Waals surface area contributed by atoms with Crippen LogP contribution in [0.25, 0.3) is 0 Å². The zero-order valence-corrected chi connectivity index (χ0v) is 15.6. The first-order valence-electron chi connectivity index (χ1n) is 9.01. The van der Waals surface area contributed by atoms with Crippen LogP contribution in [0.3, 0.4) is 0 Å². The minimum atomic E-state index is -0.377. The molecule has 0 spiro atoms. The molecule has 1 aromatic carbocycles. The molecule has 2 aliphatic rings. The number of carbonyl (C=O) groups excluding carboxylic acids is 2. The molecule has 2 atom stereocenters. The molecule has 6 heteroatoms. The summed E-state index contributed by atoms with van der Waals surface area (Å²) in [5.74, 6) is 0.990. The lowest BCUT2D eigenvalue weighted by molar-refractivity contribution is -0.127. The van der Waals surface area contributed by atoms with Crippen LogP contribution in [0.1, 0.15) is 32.6 Å². The third kappa shape index (κ3) is 4.95. The molecule has 2 N–H and O–H groups in total. The van der Waals surface area contributed by atoms with Crippen LogP contribution in [-0.4, -0.2) is 37.5 Å². The lowest BCUT2D eigenvalue weighted by atomic mass is 9.84. The van der Waals surface area contributed by atoms with Gasteiger partial charge < -0.3 is 15.5 Å². The summed E-state index contributed by atoms with van der Waals surface area (Å²) < 4.78 is 0. The average Bonchev–Trinajstić information content (AvgIpc) is 2.97. The van der Waals surface area contributed by atoms with E-state index in [0.717, 1.165) is 31.6 Å². The minimum Gasteiger partial charge on any atom is -0.344 e. The molecule has 5 nitrogen and oxygen atoms in total. The van der Waals surface area contributed by atoms with Gasteiger partial charge in [-0.2, -0.15) is 0 Å². The number of hydrogen-bond acceptors (Lipinski definition) is 3. The second-order valence-electron chi connectivity index (χ2n) is 7.00. The molecule has 1 aromatic rings. The first-order chi connectivity index (χ1) is 11.6. The van der Waals surface area contributed by atoms with E-state index in [1.807, 2.05) is 30.3 Å². The van der Waals surface area contributed by atoms with Crippen LogP contribution in [0.4, 0.5) is 5.69 Å². The first kappa shape index (κ1) is 19.7. The molecule has 2 aliphatic heterocycles. The fourth-order valence-electron chi connectivity index (χ4n) is 3.80. The summed E-state index contributed by atoms with van der Waals surface area (Å²) in [6, 6.07) is 9.27. The Morgan fingerprint density at radius 2 is 1.92 bits per heavy atom. The van der Waals surface area contributed by atoms with Crippen molar-refractivity contribution >= 4 is 29.9 Å². The summed E-state index contributed by atoms with van der Waals surface area (Å²) in [6.45, 7) is 4.91. The predicted molar refractivity (Wildman–Crippen MR) is 102 cm³/mol. The van der Waals surface area contributed by atoms with Crippen LogP contribution in [0.2, 0.25) is 0 Å². The normalized spacial score (nSPS) is 22.4. The van der Waals surface area contributed by atoms with E-state index in [-0.39, 0.29) is 30.3 Å². The van der Waals surface area contributed by atoms with Gasteiger partial charge in [-0.25, -0.2) is 0 Å². The second kappa shape index (κ2) is 9.20. The van der Waals surface area contributed by atoms with Crippen LogP contribution in [0, 0.1) is 11.8 Å². The number of piperidine rings is 1. The average molecular weight is 366 g/mol. The zero-order valence-electron chi connectivity index (χ0n) is 14.7. The van der Waals surface area contributed by atoms with Crippen molar-refractivity contribution in [3.05, 3.63) is 30.3 Å². The van der Waals surface area contributed by atoms with Gasteiger partial charge in [-0.15, -0.1) is 12.4 Å². The summed E-state index contributed by atoms with van der Waals surface area (Å²) in [4.78, 5) is 26.6. The van der Waals surface area contributed by atoms with Gasteiger partial charge in [0, 0.05) is 18.7 Å². The summed E-state index contributed by atoms with van der Waals surface area (Å²) >= 11 is 0. The van der Waals surface area contributed by atoms with Gasteiger partial charge in [-0.3, -0.25) is 9.59 Å². The minimum absolute atomic E-state index is 0. The van der Waals surface area contributed by atoms with Gasteiger partial charge in [-0.05, 0) is 56.3 Å². The number of rotatable bonds is 5. The Bertz CT molecular complexity index is 575. The number of amides is 2. The highest BCUT2D eigenvalue weighted by atomic mass is 35.5. The second-order valence-corrected chi connectivity index (χ2v) is 7.00. The molecule has 2 fully saturated rings. The highest BCUT2D eigenvalue weighted by molar-refractivity contribution is 6.01. The van der Waals surface area contributed by atoms with Crippen molar-refractivity contribution in [2.75, 3.05) is 24.5 Å². The van der Waals surface area contributed by atoms with E-state index in [1.54, 1.807) is 4.90 Å². The van der Waals surface area contributed by atoms with Gasteiger partial charge in [0.25, 0.3) is 0 Å². The van der Waals surface area contributed by atoms with E-state index in [2.05, 4.69) is 17.6 Å². The highest BCUT2D eigenvalue weighted by Gasteiger charge is 2.34. The molecule has 0 saturated carbocycles. The topological polar surface area (TPSA) is 61.4 Å². The molecule has 25 heavy (non-hydrogen) atoms. The molecule has 3 rings (SSSR count). The van der Waals surface area contributed by atoms with Gasteiger partial charge >= 0.3 is 0 Å². The standard InChI is InChI=1S/C19H27N3O2.ClH/c1-14(15-7-10-20-11-8-15)13-18(23)21-17-9-12-22(19(17)24)16-5-3-2-4-6-16;/h2-6,14-15,17,20H,7-13H2,1H3,(H,21,23);1H. The Labute approximate surface area is 155 Å². The summed E-state index contributed by atoms with van der Waals surface area (Å²) in [5.41, 5.74) is 0.905. The van der Waals surface area contributed by atoms with Crippen molar-refractivity contribution < 1.29 is 9.59 Å². The lowest BCUT2D eigenvalue weighted by Crippen LogP contribution is -2.42. The molecule has 0 aliphatic carbocycles. The number of nitrogens with one attached hydrogen (secondary N) is 2. The number of carbonyl (C=O) groups is 2. The van der Waals surface area contributed by atoms with E-state index >= 15 is 0 Å². The van der Waals surface area contributed by atoms with Crippen molar-refractivity contribution in [3.8, 4) is 0 Å².